The van der Waals surface area contributed by atoms with Crippen LogP contribution in [0.15, 0.2) is 34.9 Å². The van der Waals surface area contributed by atoms with Crippen molar-refractivity contribution in [3.8, 4) is 11.3 Å². The van der Waals surface area contributed by atoms with Crippen molar-refractivity contribution in [2.24, 2.45) is 17.8 Å². The van der Waals surface area contributed by atoms with Gasteiger partial charge in [-0.25, -0.2) is 4.39 Å². The minimum atomic E-state index is -0.333. The van der Waals surface area contributed by atoms with E-state index in [-0.39, 0.29) is 17.6 Å². The molecule has 2 atom stereocenters. The minimum absolute atomic E-state index is 0.0313. The number of rotatable bonds is 3. The first-order valence-corrected chi connectivity index (χ1v) is 7.26. The Labute approximate surface area is 121 Å². The van der Waals surface area contributed by atoms with Crippen LogP contribution in [0.3, 0.4) is 0 Å². The van der Waals surface area contributed by atoms with Gasteiger partial charge in [-0.2, -0.15) is 0 Å². The standard InChI is InChI=1S/C16H15FN2O2/c17-10-4-1-3-9(7-10)13-8-14(19-21-13)18-16(20)15-11-5-2-6-12(11)15/h1,3-4,7-8,11-12,15H,2,5-6H2,(H,18,19,20). The van der Waals surface area contributed by atoms with Crippen LogP contribution in [0, 0.1) is 23.6 Å². The fraction of sp³-hybridized carbons (Fsp3) is 0.375. The van der Waals surface area contributed by atoms with E-state index in [0.29, 0.717) is 29.0 Å². The lowest BCUT2D eigenvalue weighted by molar-refractivity contribution is -0.118. The van der Waals surface area contributed by atoms with E-state index in [1.165, 1.54) is 18.6 Å². The molecule has 108 valence electrons. The van der Waals surface area contributed by atoms with Gasteiger partial charge in [0.15, 0.2) is 11.6 Å². The van der Waals surface area contributed by atoms with Crippen molar-refractivity contribution < 1.29 is 13.7 Å². The van der Waals surface area contributed by atoms with Gasteiger partial charge in [-0.1, -0.05) is 23.7 Å². The number of amides is 1. The number of anilines is 1. The Bertz CT molecular complexity index is 687. The highest BCUT2D eigenvalue weighted by Crippen LogP contribution is 2.57. The SMILES string of the molecule is O=C(Nc1cc(-c2cccc(F)c2)on1)C1C2CCCC21. The van der Waals surface area contributed by atoms with Crippen molar-refractivity contribution in [2.45, 2.75) is 19.3 Å². The van der Waals surface area contributed by atoms with Crippen LogP contribution in [0.1, 0.15) is 19.3 Å². The molecule has 0 saturated heterocycles. The van der Waals surface area contributed by atoms with E-state index in [1.54, 1.807) is 18.2 Å². The molecule has 1 heterocycles. The normalized spacial score (nSPS) is 26.4. The molecule has 2 aliphatic rings. The third kappa shape index (κ3) is 2.22. The lowest BCUT2D eigenvalue weighted by atomic mass is 10.1. The van der Waals surface area contributed by atoms with Gasteiger partial charge >= 0.3 is 0 Å². The first-order chi connectivity index (χ1) is 10.2. The Hall–Kier alpha value is -2.17. The molecule has 21 heavy (non-hydrogen) atoms. The fourth-order valence-electron chi connectivity index (χ4n) is 3.53. The van der Waals surface area contributed by atoms with Crippen LogP contribution in [0.5, 0.6) is 0 Å². The van der Waals surface area contributed by atoms with Crippen LogP contribution >= 0.6 is 0 Å². The molecule has 1 aromatic heterocycles. The van der Waals surface area contributed by atoms with Gasteiger partial charge in [0.2, 0.25) is 5.91 Å². The Morgan fingerprint density at radius 2 is 2.10 bits per heavy atom. The molecule has 2 fully saturated rings. The summed E-state index contributed by atoms with van der Waals surface area (Å²) >= 11 is 0. The summed E-state index contributed by atoms with van der Waals surface area (Å²) in [6.07, 6.45) is 3.57. The molecule has 2 unspecified atom stereocenters. The Morgan fingerprint density at radius 3 is 2.86 bits per heavy atom. The van der Waals surface area contributed by atoms with E-state index < -0.39 is 0 Å². The summed E-state index contributed by atoms with van der Waals surface area (Å²) < 4.78 is 18.4. The summed E-state index contributed by atoms with van der Waals surface area (Å²) in [6.45, 7) is 0. The van der Waals surface area contributed by atoms with Crippen molar-refractivity contribution in [1.29, 1.82) is 0 Å². The molecular formula is C16H15FN2O2. The van der Waals surface area contributed by atoms with Crippen LogP contribution in [0.25, 0.3) is 11.3 Å². The second-order valence-electron chi connectivity index (χ2n) is 5.86. The molecule has 2 aliphatic carbocycles. The summed E-state index contributed by atoms with van der Waals surface area (Å²) in [5, 5.41) is 6.64. The van der Waals surface area contributed by atoms with Crippen molar-refractivity contribution >= 4 is 11.7 Å². The van der Waals surface area contributed by atoms with Crippen LogP contribution < -0.4 is 5.32 Å². The molecule has 4 nitrogen and oxygen atoms in total. The van der Waals surface area contributed by atoms with E-state index >= 15 is 0 Å². The first kappa shape index (κ1) is 12.6. The molecule has 4 rings (SSSR count). The van der Waals surface area contributed by atoms with Gasteiger partial charge in [0.25, 0.3) is 0 Å². The molecule has 5 heteroatoms. The Morgan fingerprint density at radius 1 is 1.29 bits per heavy atom. The zero-order chi connectivity index (χ0) is 14.4. The van der Waals surface area contributed by atoms with Gasteiger partial charge in [-0.05, 0) is 36.8 Å². The third-order valence-corrected chi connectivity index (χ3v) is 4.58. The van der Waals surface area contributed by atoms with Crippen molar-refractivity contribution in [2.75, 3.05) is 5.32 Å². The minimum Gasteiger partial charge on any atom is -0.354 e. The Balaban J connectivity index is 1.46. The molecule has 1 amide bonds. The van der Waals surface area contributed by atoms with Crippen LogP contribution in [0.4, 0.5) is 10.2 Å². The van der Waals surface area contributed by atoms with Crippen LogP contribution in [0.2, 0.25) is 0 Å². The predicted molar refractivity (Wildman–Crippen MR) is 74.8 cm³/mol. The number of carbonyl (C=O) groups is 1. The lowest BCUT2D eigenvalue weighted by Crippen LogP contribution is -2.16. The number of benzene rings is 1. The van der Waals surface area contributed by atoms with Crippen molar-refractivity contribution in [3.63, 3.8) is 0 Å². The smallest absolute Gasteiger partial charge is 0.229 e. The average molecular weight is 286 g/mol. The van der Waals surface area contributed by atoms with Gasteiger partial charge < -0.3 is 9.84 Å². The molecule has 1 aromatic carbocycles. The number of halogens is 1. The number of carbonyl (C=O) groups excluding carboxylic acids is 1. The van der Waals surface area contributed by atoms with Gasteiger partial charge in [0, 0.05) is 17.5 Å². The van der Waals surface area contributed by atoms with Crippen molar-refractivity contribution in [3.05, 3.63) is 36.1 Å². The topological polar surface area (TPSA) is 55.1 Å². The summed E-state index contributed by atoms with van der Waals surface area (Å²) in [5.74, 6) is 1.82. The van der Waals surface area contributed by atoms with E-state index in [1.807, 2.05) is 0 Å². The summed E-state index contributed by atoms with van der Waals surface area (Å²) in [5.41, 5.74) is 0.603. The fourth-order valence-corrected chi connectivity index (χ4v) is 3.53. The number of nitrogens with one attached hydrogen (secondary N) is 1. The van der Waals surface area contributed by atoms with Gasteiger partial charge in [0.1, 0.15) is 5.82 Å². The predicted octanol–water partition coefficient (Wildman–Crippen LogP) is 3.47. The van der Waals surface area contributed by atoms with E-state index in [9.17, 15) is 9.18 Å². The van der Waals surface area contributed by atoms with E-state index in [2.05, 4.69) is 10.5 Å². The van der Waals surface area contributed by atoms with Gasteiger partial charge in [0.05, 0.1) is 0 Å². The maximum atomic E-state index is 13.2. The molecule has 2 saturated carbocycles. The highest BCUT2D eigenvalue weighted by atomic mass is 19.1. The van der Waals surface area contributed by atoms with Crippen LogP contribution in [-0.2, 0) is 4.79 Å². The molecule has 0 aliphatic heterocycles. The highest BCUT2D eigenvalue weighted by Gasteiger charge is 2.56. The zero-order valence-corrected chi connectivity index (χ0v) is 11.4. The highest BCUT2D eigenvalue weighted by molar-refractivity contribution is 5.94. The number of fused-ring (bicyclic) bond motifs is 1. The van der Waals surface area contributed by atoms with Crippen molar-refractivity contribution in [1.82, 2.24) is 5.16 Å². The molecule has 1 N–H and O–H groups in total. The average Bonchev–Trinajstić information content (AvgIpc) is 2.83. The number of hydrogen-bond donors (Lipinski definition) is 1. The molecule has 2 aromatic rings. The maximum Gasteiger partial charge on any atom is 0.229 e. The number of aromatic nitrogens is 1. The first-order valence-electron chi connectivity index (χ1n) is 7.26. The summed E-state index contributed by atoms with van der Waals surface area (Å²) in [4.78, 5) is 12.1. The molecule has 0 radical (unpaired) electrons. The van der Waals surface area contributed by atoms with E-state index in [4.69, 9.17) is 4.52 Å². The zero-order valence-electron chi connectivity index (χ0n) is 11.4. The summed E-state index contributed by atoms with van der Waals surface area (Å²) in [6, 6.07) is 7.72. The number of hydrogen-bond acceptors (Lipinski definition) is 3. The monoisotopic (exact) mass is 286 g/mol. The van der Waals surface area contributed by atoms with Gasteiger partial charge in [-0.3, -0.25) is 4.79 Å². The third-order valence-electron chi connectivity index (χ3n) is 4.58. The lowest BCUT2D eigenvalue weighted by Gasteiger charge is -2.02. The quantitative estimate of drug-likeness (QED) is 0.940. The Kier molecular flexibility index (Phi) is 2.80. The number of nitrogens with zero attached hydrogens (tertiary/aromatic N) is 1. The van der Waals surface area contributed by atoms with E-state index in [0.717, 1.165) is 12.8 Å². The van der Waals surface area contributed by atoms with Gasteiger partial charge in [-0.15, -0.1) is 0 Å². The largest absolute Gasteiger partial charge is 0.354 e. The second kappa shape index (κ2) is 4.69. The maximum absolute atomic E-state index is 13.2. The molecule has 0 bridgehead atoms. The molecular weight excluding hydrogens is 271 g/mol. The molecule has 0 spiro atoms. The summed E-state index contributed by atoms with van der Waals surface area (Å²) in [7, 11) is 0. The van der Waals surface area contributed by atoms with Crippen LogP contribution in [-0.4, -0.2) is 11.1 Å². The second-order valence-corrected chi connectivity index (χ2v) is 5.86.